The zero-order valence-corrected chi connectivity index (χ0v) is 25.5. The summed E-state index contributed by atoms with van der Waals surface area (Å²) >= 11 is 0. The van der Waals surface area contributed by atoms with Gasteiger partial charge in [0.1, 0.15) is 37.1 Å². The number of carbonyl (C=O) groups is 2. The van der Waals surface area contributed by atoms with E-state index < -0.39 is 17.8 Å². The van der Waals surface area contributed by atoms with Crippen LogP contribution in [0.15, 0.2) is 60.7 Å². The number of aliphatic carboxylic acids is 2. The van der Waals surface area contributed by atoms with Crippen molar-refractivity contribution in [1.82, 2.24) is 4.57 Å². The molecule has 0 aliphatic rings. The molecule has 0 atom stereocenters. The predicted octanol–water partition coefficient (Wildman–Crippen LogP) is 7.69. The molecule has 0 saturated carbocycles. The summed E-state index contributed by atoms with van der Waals surface area (Å²) in [7, 11) is 0. The molecule has 4 rings (SSSR count). The molecule has 8 heteroatoms. The Balaban J connectivity index is 1.43. The fraction of sp³-hybridized carbons (Fsp3) is 0.278. The van der Waals surface area contributed by atoms with Gasteiger partial charge in [0.2, 0.25) is 0 Å². The van der Waals surface area contributed by atoms with Crippen molar-refractivity contribution in [2.75, 3.05) is 13.2 Å². The second-order valence-corrected chi connectivity index (χ2v) is 10.9. The first-order chi connectivity index (χ1) is 21.0. The minimum absolute atomic E-state index is 0.0228. The van der Waals surface area contributed by atoms with Crippen LogP contribution in [-0.4, -0.2) is 39.9 Å². The average molecular weight is 600 g/mol. The number of fused-ring (bicyclic) bond motifs is 1. The number of benzene rings is 3. The van der Waals surface area contributed by atoms with Gasteiger partial charge < -0.3 is 24.3 Å². The molecule has 0 unspecified atom stereocenters. The molecule has 0 bridgehead atoms. The van der Waals surface area contributed by atoms with Gasteiger partial charge in [-0.25, -0.2) is 4.39 Å². The van der Waals surface area contributed by atoms with Gasteiger partial charge in [0, 0.05) is 23.1 Å². The van der Waals surface area contributed by atoms with Crippen molar-refractivity contribution in [3.63, 3.8) is 0 Å². The van der Waals surface area contributed by atoms with Crippen molar-refractivity contribution in [3.05, 3.63) is 106 Å². The molecule has 0 radical (unpaired) electrons. The number of halogens is 1. The quantitative estimate of drug-likeness (QED) is 0.114. The van der Waals surface area contributed by atoms with Gasteiger partial charge in [-0.1, -0.05) is 42.0 Å². The number of carboxylic acid groups (broad SMARTS) is 2. The van der Waals surface area contributed by atoms with Crippen LogP contribution >= 0.6 is 0 Å². The summed E-state index contributed by atoms with van der Waals surface area (Å²) < 4.78 is 28.2. The Kier molecular flexibility index (Phi) is 10.6. The number of ether oxygens (including phenoxy) is 2. The number of hydrogen-bond acceptors (Lipinski definition) is 4. The van der Waals surface area contributed by atoms with Crippen molar-refractivity contribution in [2.24, 2.45) is 0 Å². The molecule has 44 heavy (non-hydrogen) atoms. The van der Waals surface area contributed by atoms with Gasteiger partial charge in [0.05, 0.1) is 5.52 Å². The summed E-state index contributed by atoms with van der Waals surface area (Å²) in [6, 6.07) is 14.5. The molecule has 4 aromatic rings. The van der Waals surface area contributed by atoms with Crippen molar-refractivity contribution >= 4 is 35.0 Å². The van der Waals surface area contributed by atoms with Crippen LogP contribution in [0.3, 0.4) is 0 Å². The number of nitrogens with zero attached hydrogens (tertiary/aromatic N) is 1. The van der Waals surface area contributed by atoms with Crippen molar-refractivity contribution < 1.29 is 33.7 Å². The minimum atomic E-state index is -1.02. The highest BCUT2D eigenvalue weighted by atomic mass is 19.1. The van der Waals surface area contributed by atoms with Crippen LogP contribution in [0.1, 0.15) is 51.9 Å². The van der Waals surface area contributed by atoms with E-state index in [0.717, 1.165) is 28.0 Å². The summed E-state index contributed by atoms with van der Waals surface area (Å²) in [5.41, 5.74) is 6.90. The van der Waals surface area contributed by atoms with E-state index >= 15 is 0 Å². The SMILES string of the molecule is Cc1cc(C)c(OCC=CCOc2ccc(C=Cc3cc(F)cc4c(CCCC(=O)O)c(C)n(CC(=O)O)c34)cc2)c(C)c1. The van der Waals surface area contributed by atoms with E-state index in [1.54, 1.807) is 17.6 Å². The molecule has 0 saturated heterocycles. The maximum Gasteiger partial charge on any atom is 0.323 e. The van der Waals surface area contributed by atoms with Crippen LogP contribution in [0.25, 0.3) is 23.1 Å². The molecule has 0 fully saturated rings. The third-order valence-electron chi connectivity index (χ3n) is 7.43. The lowest BCUT2D eigenvalue weighted by atomic mass is 10.0. The van der Waals surface area contributed by atoms with E-state index in [0.29, 0.717) is 54.0 Å². The van der Waals surface area contributed by atoms with Crippen LogP contribution in [0, 0.1) is 33.5 Å². The standard InChI is InChI=1S/C36H38FNO6/c1-23-18-24(2)36(25(3)19-23)44-17-6-5-16-43-30-14-11-27(12-15-30)10-13-28-20-29(37)21-32-31(8-7-9-33(39)40)26(4)38(35(28)32)22-34(41)42/h5-6,10-15,18-21H,7-9,16-17,22H2,1-4H3,(H,39,40)(H,41,42). The lowest BCUT2D eigenvalue weighted by Crippen LogP contribution is -2.10. The van der Waals surface area contributed by atoms with Gasteiger partial charge in [-0.15, -0.1) is 0 Å². The van der Waals surface area contributed by atoms with Crippen molar-refractivity contribution in [3.8, 4) is 11.5 Å². The number of hydrogen-bond donors (Lipinski definition) is 2. The largest absolute Gasteiger partial charge is 0.490 e. The Morgan fingerprint density at radius 2 is 1.52 bits per heavy atom. The smallest absolute Gasteiger partial charge is 0.323 e. The first-order valence-corrected chi connectivity index (χ1v) is 14.5. The Labute approximate surface area is 256 Å². The Bertz CT molecular complexity index is 1690. The molecule has 3 aromatic carbocycles. The van der Waals surface area contributed by atoms with Crippen molar-refractivity contribution in [1.29, 1.82) is 0 Å². The Morgan fingerprint density at radius 1 is 0.864 bits per heavy atom. The summed E-state index contributed by atoms with van der Waals surface area (Å²) in [5.74, 6) is -0.771. The van der Waals surface area contributed by atoms with Crippen molar-refractivity contribution in [2.45, 2.75) is 53.5 Å². The second kappa shape index (κ2) is 14.6. The summed E-state index contributed by atoms with van der Waals surface area (Å²) in [6.45, 7) is 8.50. The Morgan fingerprint density at radius 3 is 2.16 bits per heavy atom. The van der Waals surface area contributed by atoms with E-state index in [4.69, 9.17) is 14.6 Å². The molecule has 1 aromatic heterocycles. The first-order valence-electron chi connectivity index (χ1n) is 14.5. The molecule has 0 spiro atoms. The average Bonchev–Trinajstić information content (AvgIpc) is 3.20. The first kappa shape index (κ1) is 32.1. The molecule has 1 heterocycles. The monoisotopic (exact) mass is 599 g/mol. The molecule has 7 nitrogen and oxygen atoms in total. The molecule has 230 valence electrons. The highest BCUT2D eigenvalue weighted by molar-refractivity contribution is 5.95. The number of aromatic nitrogens is 1. The van der Waals surface area contributed by atoms with Crippen LogP contribution in [-0.2, 0) is 22.6 Å². The third kappa shape index (κ3) is 8.16. The maximum atomic E-state index is 14.8. The summed E-state index contributed by atoms with van der Waals surface area (Å²) in [4.78, 5) is 22.7. The lowest BCUT2D eigenvalue weighted by molar-refractivity contribution is -0.138. The van der Waals surface area contributed by atoms with Gasteiger partial charge in [0.25, 0.3) is 0 Å². The molecule has 0 aliphatic heterocycles. The van der Waals surface area contributed by atoms with E-state index in [1.165, 1.54) is 17.7 Å². The highest BCUT2D eigenvalue weighted by Gasteiger charge is 2.19. The molecule has 0 amide bonds. The van der Waals surface area contributed by atoms with Gasteiger partial charge >= 0.3 is 11.9 Å². The second-order valence-electron chi connectivity index (χ2n) is 10.9. The Hall–Kier alpha value is -4.85. The maximum absolute atomic E-state index is 14.8. The normalized spacial score (nSPS) is 11.6. The zero-order chi connectivity index (χ0) is 31.8. The van der Waals surface area contributed by atoms with E-state index in [-0.39, 0.29) is 13.0 Å². The van der Waals surface area contributed by atoms with Crippen LogP contribution in [0.2, 0.25) is 0 Å². The lowest BCUT2D eigenvalue weighted by Gasteiger charge is -2.11. The fourth-order valence-corrected chi connectivity index (χ4v) is 5.54. The highest BCUT2D eigenvalue weighted by Crippen LogP contribution is 2.32. The van der Waals surface area contributed by atoms with Gasteiger partial charge in [-0.2, -0.15) is 0 Å². The summed E-state index contributed by atoms with van der Waals surface area (Å²) in [6.07, 6.45) is 8.19. The van der Waals surface area contributed by atoms with Gasteiger partial charge in [-0.3, -0.25) is 9.59 Å². The van der Waals surface area contributed by atoms with Crippen LogP contribution < -0.4 is 9.47 Å². The minimum Gasteiger partial charge on any atom is -0.490 e. The van der Waals surface area contributed by atoms with Gasteiger partial charge in [0.15, 0.2) is 0 Å². The van der Waals surface area contributed by atoms with Gasteiger partial charge in [-0.05, 0) is 99.2 Å². The fourth-order valence-electron chi connectivity index (χ4n) is 5.54. The van der Waals surface area contributed by atoms with E-state index in [2.05, 4.69) is 19.1 Å². The molecular formula is C36H38FNO6. The summed E-state index contributed by atoms with van der Waals surface area (Å²) in [5, 5.41) is 19.2. The molecular weight excluding hydrogens is 561 g/mol. The third-order valence-corrected chi connectivity index (χ3v) is 7.43. The van der Waals surface area contributed by atoms with E-state index in [1.807, 2.05) is 56.3 Å². The number of carboxylic acids is 2. The molecule has 2 N–H and O–H groups in total. The zero-order valence-electron chi connectivity index (χ0n) is 25.5. The van der Waals surface area contributed by atoms with Crippen LogP contribution in [0.4, 0.5) is 4.39 Å². The topological polar surface area (TPSA) is 98.0 Å². The number of aryl methyl sites for hydroxylation is 4. The van der Waals surface area contributed by atoms with Crippen LogP contribution in [0.5, 0.6) is 11.5 Å². The predicted molar refractivity (Wildman–Crippen MR) is 171 cm³/mol. The number of rotatable bonds is 14. The van der Waals surface area contributed by atoms with E-state index in [9.17, 15) is 19.1 Å². The molecule has 0 aliphatic carbocycles.